The summed E-state index contributed by atoms with van der Waals surface area (Å²) in [6.45, 7) is 9.49. The Morgan fingerprint density at radius 3 is 1.94 bits per heavy atom. The average Bonchev–Trinajstić information content (AvgIpc) is 3.96. The summed E-state index contributed by atoms with van der Waals surface area (Å²) in [6, 6.07) is 7.90. The number of nitrogens with zero attached hydrogens (tertiary/aromatic N) is 5. The summed E-state index contributed by atoms with van der Waals surface area (Å²) >= 11 is 0. The number of benzene rings is 1. The second-order valence-electron chi connectivity index (χ2n) is 16.0. The van der Waals surface area contributed by atoms with Crippen LogP contribution in [0.15, 0.2) is 36.7 Å². The molecule has 2 aromatic heterocycles. The van der Waals surface area contributed by atoms with E-state index in [0.717, 1.165) is 80.8 Å². The van der Waals surface area contributed by atoms with Gasteiger partial charge in [0.25, 0.3) is 0 Å². The molecule has 282 valence electrons. The van der Waals surface area contributed by atoms with Gasteiger partial charge >= 0.3 is 6.09 Å². The topological polar surface area (TPSA) is 140 Å². The third-order valence-corrected chi connectivity index (χ3v) is 11.6. The number of rotatable bonds is 11. The summed E-state index contributed by atoms with van der Waals surface area (Å²) < 4.78 is 4.77. The number of likely N-dealkylation sites (N-methyl/N-ethyl adjacent to an activating group) is 1. The predicted octanol–water partition coefficient (Wildman–Crippen LogP) is 6.54. The Kier molecular flexibility index (Phi) is 11.7. The van der Waals surface area contributed by atoms with Crippen LogP contribution in [0.1, 0.15) is 126 Å². The van der Waals surface area contributed by atoms with Gasteiger partial charge in [-0.15, -0.1) is 0 Å². The molecule has 0 spiro atoms. The minimum absolute atomic E-state index is 0.0235. The molecule has 3 aromatic rings. The average molecular weight is 715 g/mol. The van der Waals surface area contributed by atoms with Gasteiger partial charge in [-0.2, -0.15) is 0 Å². The van der Waals surface area contributed by atoms with Crippen LogP contribution in [0.2, 0.25) is 0 Å². The zero-order chi connectivity index (χ0) is 37.1. The molecule has 3 aliphatic rings. The number of alkyl carbamates (subject to hydrolysis) is 1. The number of ether oxygens (including phenoxy) is 1. The zero-order valence-corrected chi connectivity index (χ0v) is 32.0. The molecule has 12 nitrogen and oxygen atoms in total. The van der Waals surface area contributed by atoms with Gasteiger partial charge < -0.3 is 29.8 Å². The lowest BCUT2D eigenvalue weighted by Gasteiger charge is -2.33. The van der Waals surface area contributed by atoms with Crippen LogP contribution in [0.5, 0.6) is 0 Å². The normalized spacial score (nSPS) is 23.4. The smallest absolute Gasteiger partial charge is 0.407 e. The number of nitrogens with one attached hydrogen (secondary N) is 3. The summed E-state index contributed by atoms with van der Waals surface area (Å²) in [5, 5.41) is 2.71. The number of hydrogen-bond donors (Lipinski definition) is 3. The van der Waals surface area contributed by atoms with Crippen LogP contribution in [-0.2, 0) is 14.3 Å². The zero-order valence-electron chi connectivity index (χ0n) is 32.0. The minimum Gasteiger partial charge on any atom is -0.453 e. The van der Waals surface area contributed by atoms with E-state index >= 15 is 0 Å². The number of carbonyl (C=O) groups excluding carboxylic acids is 3. The lowest BCUT2D eigenvalue weighted by molar-refractivity contribution is -0.138. The first kappa shape index (κ1) is 37.6. The van der Waals surface area contributed by atoms with E-state index in [1.165, 1.54) is 18.4 Å². The van der Waals surface area contributed by atoms with Gasteiger partial charge in [0.1, 0.15) is 17.7 Å². The first-order valence-electron chi connectivity index (χ1n) is 19.3. The highest BCUT2D eigenvalue weighted by Crippen LogP contribution is 2.41. The third-order valence-electron chi connectivity index (χ3n) is 11.6. The molecule has 2 saturated heterocycles. The first-order chi connectivity index (χ1) is 25.0. The second-order valence-corrected chi connectivity index (χ2v) is 16.0. The molecule has 3 N–H and O–H groups in total. The molecule has 6 rings (SSSR count). The number of amides is 3. The van der Waals surface area contributed by atoms with Crippen molar-refractivity contribution in [1.29, 1.82) is 0 Å². The summed E-state index contributed by atoms with van der Waals surface area (Å²) in [5.41, 5.74) is 4.55. The fourth-order valence-electron chi connectivity index (χ4n) is 8.83. The molecule has 1 saturated carbocycles. The number of hydrogen-bond acceptors (Lipinski definition) is 7. The molecule has 0 unspecified atom stereocenters. The van der Waals surface area contributed by atoms with Gasteiger partial charge in [-0.25, -0.2) is 14.8 Å². The van der Waals surface area contributed by atoms with Crippen molar-refractivity contribution in [3.63, 3.8) is 0 Å². The number of carbonyl (C=O) groups is 3. The molecular weight excluding hydrogens is 656 g/mol. The summed E-state index contributed by atoms with van der Waals surface area (Å²) in [5.74, 6) is 2.93. The third kappa shape index (κ3) is 7.91. The fourth-order valence-corrected chi connectivity index (χ4v) is 8.83. The number of aromatic amines is 2. The Labute approximate surface area is 308 Å². The van der Waals surface area contributed by atoms with E-state index in [9.17, 15) is 14.4 Å². The second kappa shape index (κ2) is 16.2. The number of aromatic nitrogens is 4. The van der Waals surface area contributed by atoms with E-state index < -0.39 is 12.1 Å². The maximum Gasteiger partial charge on any atom is 0.407 e. The van der Waals surface area contributed by atoms with Crippen molar-refractivity contribution in [3.05, 3.63) is 59.6 Å². The van der Waals surface area contributed by atoms with Crippen molar-refractivity contribution in [2.75, 3.05) is 34.3 Å². The molecule has 2 aliphatic heterocycles. The van der Waals surface area contributed by atoms with Crippen molar-refractivity contribution >= 4 is 17.9 Å². The fraction of sp³-hybridized carbons (Fsp3) is 0.625. The summed E-state index contributed by atoms with van der Waals surface area (Å²) in [7, 11) is 5.29. The first-order valence-corrected chi connectivity index (χ1v) is 19.3. The van der Waals surface area contributed by atoms with Crippen molar-refractivity contribution in [2.45, 2.75) is 115 Å². The Morgan fingerprint density at radius 2 is 1.37 bits per heavy atom. The van der Waals surface area contributed by atoms with Crippen LogP contribution < -0.4 is 5.32 Å². The quantitative estimate of drug-likeness (QED) is 0.205. The molecule has 4 atom stereocenters. The molecule has 1 aliphatic carbocycles. The van der Waals surface area contributed by atoms with Gasteiger partial charge in [-0.1, -0.05) is 52.0 Å². The number of H-pyrrole nitrogens is 2. The maximum absolute atomic E-state index is 13.6. The van der Waals surface area contributed by atoms with Gasteiger partial charge in [0.15, 0.2) is 0 Å². The molecular formula is C40H58N8O4. The Hall–Kier alpha value is -4.19. The molecule has 0 bridgehead atoms. The number of imidazole rings is 2. The molecule has 12 heteroatoms. The Bertz CT molecular complexity index is 1660. The molecule has 3 amide bonds. The van der Waals surface area contributed by atoms with E-state index in [1.54, 1.807) is 0 Å². The van der Waals surface area contributed by atoms with Crippen molar-refractivity contribution in [2.24, 2.45) is 11.8 Å². The Balaban J connectivity index is 1.05. The van der Waals surface area contributed by atoms with Gasteiger partial charge in [0.05, 0.1) is 37.1 Å². The van der Waals surface area contributed by atoms with Gasteiger partial charge in [0, 0.05) is 30.9 Å². The van der Waals surface area contributed by atoms with Crippen molar-refractivity contribution in [1.82, 2.24) is 40.0 Å². The highest BCUT2D eigenvalue weighted by Gasteiger charge is 2.39. The van der Waals surface area contributed by atoms with Crippen molar-refractivity contribution in [3.8, 4) is 11.3 Å². The summed E-state index contributed by atoms with van der Waals surface area (Å²) in [6.07, 6.45) is 11.4. The monoisotopic (exact) mass is 714 g/mol. The largest absolute Gasteiger partial charge is 0.453 e. The molecule has 52 heavy (non-hydrogen) atoms. The summed E-state index contributed by atoms with van der Waals surface area (Å²) in [4.78, 5) is 61.7. The van der Waals surface area contributed by atoms with E-state index in [4.69, 9.17) is 14.7 Å². The van der Waals surface area contributed by atoms with E-state index in [2.05, 4.69) is 58.3 Å². The molecule has 0 radical (unpaired) electrons. The highest BCUT2D eigenvalue weighted by atomic mass is 16.5. The number of likely N-dealkylation sites (tertiary alicyclic amines) is 2. The molecule has 3 fully saturated rings. The van der Waals surface area contributed by atoms with Crippen LogP contribution in [0.3, 0.4) is 0 Å². The lowest BCUT2D eigenvalue weighted by Crippen LogP contribution is -2.51. The molecule has 4 heterocycles. The van der Waals surface area contributed by atoms with Crippen LogP contribution in [0.25, 0.3) is 11.3 Å². The maximum atomic E-state index is 13.6. The highest BCUT2D eigenvalue weighted by molar-refractivity contribution is 5.86. The number of methoxy groups -OCH3 is 1. The van der Waals surface area contributed by atoms with Crippen LogP contribution in [-0.4, -0.2) is 98.9 Å². The van der Waals surface area contributed by atoms with Crippen molar-refractivity contribution < 1.29 is 19.1 Å². The minimum atomic E-state index is -0.659. The Morgan fingerprint density at radius 1 is 0.788 bits per heavy atom. The lowest BCUT2D eigenvalue weighted by atomic mass is 9.77. The van der Waals surface area contributed by atoms with E-state index in [1.807, 2.05) is 50.1 Å². The van der Waals surface area contributed by atoms with Gasteiger partial charge in [0.2, 0.25) is 11.8 Å². The van der Waals surface area contributed by atoms with Gasteiger partial charge in [-0.3, -0.25) is 14.5 Å². The van der Waals surface area contributed by atoms with Crippen LogP contribution in [0, 0.1) is 11.8 Å². The van der Waals surface area contributed by atoms with Crippen LogP contribution in [0.4, 0.5) is 4.79 Å². The van der Waals surface area contributed by atoms with E-state index in [-0.39, 0.29) is 41.8 Å². The van der Waals surface area contributed by atoms with E-state index in [0.29, 0.717) is 18.4 Å². The van der Waals surface area contributed by atoms with Crippen LogP contribution >= 0.6 is 0 Å². The SMILES string of the molecule is COC(=O)N[C@H](C(=O)N1CCC[C@H]1c1ncc(-c2ccc([C@H]3CC[C@H](c4cnc([C@@H]5CCCN5C(=O)[C@H](C(C)C)N(C)C)[nH]4)CC3)cc2)[nH]1)C(C)C. The predicted molar refractivity (Wildman–Crippen MR) is 200 cm³/mol. The standard InChI is InChI=1S/C40H58N8O4/c1-24(2)34(45-40(51)52-7)38(49)47-20-8-10-32(47)36-41-22-30(43-36)28-16-12-26(13-17-28)27-14-18-29(19-15-27)31-23-42-37(44-31)33-11-9-21-48(33)39(50)35(25(3)4)46(5)6/h12-13,16-17,22-25,27,29,32-35H,8-11,14-15,18-21H2,1-7H3,(H,41,43)(H,42,44)(H,45,51)/t27-,29-,32-,33-,34-,35-/m0/s1. The molecule has 1 aromatic carbocycles. The van der Waals surface area contributed by atoms with Gasteiger partial charge in [-0.05, 0) is 94.3 Å².